The van der Waals surface area contributed by atoms with Crippen molar-refractivity contribution in [3.05, 3.63) is 70.0 Å². The second-order valence-corrected chi connectivity index (χ2v) is 3.67. The Bertz CT molecular complexity index is 550. The molecule has 1 aromatic carbocycles. The number of rotatable bonds is 4. The minimum Gasteiger partial charge on any atom is -0.288 e. The van der Waals surface area contributed by atoms with Crippen molar-refractivity contribution >= 4 is 11.9 Å². The first-order valence-corrected chi connectivity index (χ1v) is 5.39. The lowest BCUT2D eigenvalue weighted by Crippen LogP contribution is -1.89. The third-order valence-electron chi connectivity index (χ3n) is 2.37. The van der Waals surface area contributed by atoms with Crippen molar-refractivity contribution in [2.24, 2.45) is 4.99 Å². The van der Waals surface area contributed by atoms with E-state index >= 15 is 0 Å². The molecule has 0 atom stereocenters. The van der Waals surface area contributed by atoms with Crippen LogP contribution < -0.4 is 0 Å². The van der Waals surface area contributed by atoms with Crippen LogP contribution >= 0.6 is 0 Å². The van der Waals surface area contributed by atoms with Gasteiger partial charge in [0.05, 0.1) is 11.5 Å². The van der Waals surface area contributed by atoms with Crippen LogP contribution in [0.3, 0.4) is 0 Å². The van der Waals surface area contributed by atoms with Crippen LogP contribution in [-0.4, -0.2) is 16.1 Å². The van der Waals surface area contributed by atoms with Crippen molar-refractivity contribution in [2.75, 3.05) is 0 Å². The number of hydrogen-bond donors (Lipinski definition) is 0. The molecule has 1 aromatic heterocycles. The number of nitro groups is 1. The Morgan fingerprint density at radius 3 is 2.44 bits per heavy atom. The van der Waals surface area contributed by atoms with Gasteiger partial charge in [-0.05, 0) is 23.3 Å². The van der Waals surface area contributed by atoms with Gasteiger partial charge in [-0.25, -0.2) is 0 Å². The van der Waals surface area contributed by atoms with E-state index in [9.17, 15) is 10.1 Å². The summed E-state index contributed by atoms with van der Waals surface area (Å²) in [6, 6.07) is 10.1. The molecule has 1 heterocycles. The van der Waals surface area contributed by atoms with Crippen LogP contribution in [-0.2, 0) is 6.54 Å². The van der Waals surface area contributed by atoms with Crippen LogP contribution in [0, 0.1) is 10.1 Å². The van der Waals surface area contributed by atoms with Crippen LogP contribution in [0.4, 0.5) is 5.69 Å². The lowest BCUT2D eigenvalue weighted by molar-refractivity contribution is -0.384. The van der Waals surface area contributed by atoms with Crippen LogP contribution in [0.5, 0.6) is 0 Å². The molecule has 0 fully saturated rings. The SMILES string of the molecule is O=[N+]([O-])c1ccc(CN=Cc2ccncc2)cc1. The summed E-state index contributed by atoms with van der Waals surface area (Å²) in [5.41, 5.74) is 2.01. The fourth-order valence-electron chi connectivity index (χ4n) is 1.43. The summed E-state index contributed by atoms with van der Waals surface area (Å²) < 4.78 is 0. The van der Waals surface area contributed by atoms with Gasteiger partial charge in [0, 0.05) is 30.7 Å². The third kappa shape index (κ3) is 3.21. The predicted molar refractivity (Wildman–Crippen MR) is 68.6 cm³/mol. The van der Waals surface area contributed by atoms with Crippen LogP contribution in [0.1, 0.15) is 11.1 Å². The first-order chi connectivity index (χ1) is 8.75. The molecule has 0 saturated heterocycles. The highest BCUT2D eigenvalue weighted by Crippen LogP contribution is 2.12. The fraction of sp³-hybridized carbons (Fsp3) is 0.0769. The Balaban J connectivity index is 1.98. The maximum atomic E-state index is 10.5. The minimum absolute atomic E-state index is 0.0943. The average molecular weight is 241 g/mol. The Morgan fingerprint density at radius 1 is 1.17 bits per heavy atom. The molecule has 5 heteroatoms. The zero-order valence-electron chi connectivity index (χ0n) is 9.56. The van der Waals surface area contributed by atoms with Crippen LogP contribution in [0.25, 0.3) is 0 Å². The molecule has 0 aliphatic heterocycles. The summed E-state index contributed by atoms with van der Waals surface area (Å²) in [5, 5.41) is 10.5. The van der Waals surface area contributed by atoms with E-state index in [0.29, 0.717) is 6.54 Å². The van der Waals surface area contributed by atoms with Crippen LogP contribution in [0.2, 0.25) is 0 Å². The highest BCUT2D eigenvalue weighted by Gasteiger charge is 2.02. The molecule has 0 bridgehead atoms. The Labute approximate surface area is 104 Å². The normalized spacial score (nSPS) is 10.7. The number of non-ortho nitro benzene ring substituents is 1. The van der Waals surface area contributed by atoms with Crippen molar-refractivity contribution in [3.8, 4) is 0 Å². The van der Waals surface area contributed by atoms with Gasteiger partial charge in [0.2, 0.25) is 0 Å². The topological polar surface area (TPSA) is 68.4 Å². The monoisotopic (exact) mass is 241 g/mol. The quantitative estimate of drug-likeness (QED) is 0.469. The second-order valence-electron chi connectivity index (χ2n) is 3.67. The standard InChI is InChI=1S/C13H11N3O2/c17-16(18)13-3-1-11(2-4-13)9-15-10-12-5-7-14-8-6-12/h1-8,10H,9H2. The maximum Gasteiger partial charge on any atom is 0.269 e. The largest absolute Gasteiger partial charge is 0.288 e. The molecule has 0 aliphatic carbocycles. The molecule has 2 aromatic rings. The van der Waals surface area contributed by atoms with Gasteiger partial charge in [-0.1, -0.05) is 12.1 Å². The molecular weight excluding hydrogens is 230 g/mol. The van der Waals surface area contributed by atoms with E-state index < -0.39 is 4.92 Å². The Kier molecular flexibility index (Phi) is 3.76. The summed E-state index contributed by atoms with van der Waals surface area (Å²) in [5.74, 6) is 0. The van der Waals surface area contributed by atoms with E-state index in [2.05, 4.69) is 9.98 Å². The van der Waals surface area contributed by atoms with E-state index in [1.807, 2.05) is 12.1 Å². The van der Waals surface area contributed by atoms with Gasteiger partial charge in [0.1, 0.15) is 0 Å². The molecule has 90 valence electrons. The minimum atomic E-state index is -0.413. The maximum absolute atomic E-state index is 10.5. The molecule has 2 rings (SSSR count). The van der Waals surface area contributed by atoms with E-state index in [0.717, 1.165) is 11.1 Å². The highest BCUT2D eigenvalue weighted by atomic mass is 16.6. The average Bonchev–Trinajstić information content (AvgIpc) is 2.40. The molecule has 5 nitrogen and oxygen atoms in total. The summed E-state index contributed by atoms with van der Waals surface area (Å²) in [4.78, 5) is 18.2. The van der Waals surface area contributed by atoms with E-state index in [4.69, 9.17) is 0 Å². The lowest BCUT2D eigenvalue weighted by atomic mass is 10.2. The Hall–Kier alpha value is -2.56. The Morgan fingerprint density at radius 2 is 1.83 bits per heavy atom. The lowest BCUT2D eigenvalue weighted by Gasteiger charge is -1.96. The summed E-state index contributed by atoms with van der Waals surface area (Å²) in [7, 11) is 0. The number of pyridine rings is 1. The fourth-order valence-corrected chi connectivity index (χ4v) is 1.43. The molecule has 0 unspecified atom stereocenters. The van der Waals surface area contributed by atoms with Gasteiger partial charge in [-0.3, -0.25) is 20.1 Å². The summed E-state index contributed by atoms with van der Waals surface area (Å²) >= 11 is 0. The van der Waals surface area contributed by atoms with E-state index in [-0.39, 0.29) is 5.69 Å². The van der Waals surface area contributed by atoms with Crippen molar-refractivity contribution < 1.29 is 4.92 Å². The first kappa shape index (κ1) is 11.9. The van der Waals surface area contributed by atoms with E-state index in [1.54, 1.807) is 30.7 Å². The molecule has 0 spiro atoms. The summed E-state index contributed by atoms with van der Waals surface area (Å²) in [6.45, 7) is 0.500. The molecule has 0 aliphatic rings. The highest BCUT2D eigenvalue weighted by molar-refractivity contribution is 5.79. The molecule has 0 N–H and O–H groups in total. The number of aliphatic imine (C=N–C) groups is 1. The van der Waals surface area contributed by atoms with Gasteiger partial charge >= 0.3 is 0 Å². The smallest absolute Gasteiger partial charge is 0.269 e. The molecule has 0 radical (unpaired) electrons. The van der Waals surface area contributed by atoms with Crippen molar-refractivity contribution in [1.29, 1.82) is 0 Å². The number of aromatic nitrogens is 1. The van der Waals surface area contributed by atoms with Crippen molar-refractivity contribution in [1.82, 2.24) is 4.98 Å². The van der Waals surface area contributed by atoms with Crippen molar-refractivity contribution in [3.63, 3.8) is 0 Å². The zero-order valence-corrected chi connectivity index (χ0v) is 9.56. The van der Waals surface area contributed by atoms with Gasteiger partial charge in [0.25, 0.3) is 5.69 Å². The number of nitro benzene ring substituents is 1. The molecule has 0 saturated carbocycles. The van der Waals surface area contributed by atoms with Gasteiger partial charge < -0.3 is 0 Å². The van der Waals surface area contributed by atoms with Crippen molar-refractivity contribution in [2.45, 2.75) is 6.54 Å². The van der Waals surface area contributed by atoms with Crippen LogP contribution in [0.15, 0.2) is 53.8 Å². The molecule has 0 amide bonds. The third-order valence-corrected chi connectivity index (χ3v) is 2.37. The van der Waals surface area contributed by atoms with E-state index in [1.165, 1.54) is 12.1 Å². The van der Waals surface area contributed by atoms with Gasteiger partial charge in [0.15, 0.2) is 0 Å². The summed E-state index contributed by atoms with van der Waals surface area (Å²) in [6.07, 6.45) is 5.16. The number of benzene rings is 1. The van der Waals surface area contributed by atoms with Gasteiger partial charge in [-0.2, -0.15) is 0 Å². The van der Waals surface area contributed by atoms with Gasteiger partial charge in [-0.15, -0.1) is 0 Å². The molecule has 18 heavy (non-hydrogen) atoms. The zero-order chi connectivity index (χ0) is 12.8. The second kappa shape index (κ2) is 5.67. The predicted octanol–water partition coefficient (Wildman–Crippen LogP) is 2.61. The molecular formula is C13H11N3O2. The first-order valence-electron chi connectivity index (χ1n) is 5.39. The number of hydrogen-bond acceptors (Lipinski definition) is 4. The number of nitrogens with zero attached hydrogens (tertiary/aromatic N) is 3.